The zero-order chi connectivity index (χ0) is 16.4. The highest BCUT2D eigenvalue weighted by molar-refractivity contribution is 5.76. The van der Waals surface area contributed by atoms with E-state index in [9.17, 15) is 18.0 Å². The number of amides is 1. The second-order valence-corrected chi connectivity index (χ2v) is 5.19. The summed E-state index contributed by atoms with van der Waals surface area (Å²) in [6, 6.07) is 7.98. The van der Waals surface area contributed by atoms with Gasteiger partial charge in [0.15, 0.2) is 5.69 Å². The normalized spacial score (nSPS) is 17.3. The van der Waals surface area contributed by atoms with E-state index >= 15 is 0 Å². The molecule has 23 heavy (non-hydrogen) atoms. The lowest BCUT2D eigenvalue weighted by molar-refractivity contribution is -0.141. The summed E-state index contributed by atoms with van der Waals surface area (Å²) in [6.45, 7) is 0.206. The van der Waals surface area contributed by atoms with E-state index in [-0.39, 0.29) is 12.6 Å². The first-order valence-corrected chi connectivity index (χ1v) is 7.05. The molecule has 0 bridgehead atoms. The van der Waals surface area contributed by atoms with E-state index in [1.807, 2.05) is 24.3 Å². The van der Waals surface area contributed by atoms with E-state index in [0.717, 1.165) is 22.5 Å². The molecule has 1 atom stereocenters. The molecule has 5 nitrogen and oxygen atoms in total. The molecule has 0 aliphatic carbocycles. The predicted molar refractivity (Wildman–Crippen MR) is 74.7 cm³/mol. The van der Waals surface area contributed by atoms with Crippen LogP contribution in [0.5, 0.6) is 5.75 Å². The van der Waals surface area contributed by atoms with Gasteiger partial charge in [-0.1, -0.05) is 18.2 Å². The maximum atomic E-state index is 12.5. The van der Waals surface area contributed by atoms with Gasteiger partial charge >= 0.3 is 6.18 Å². The number of alkyl halides is 3. The van der Waals surface area contributed by atoms with Crippen LogP contribution in [0.1, 0.15) is 23.7 Å². The lowest BCUT2D eigenvalue weighted by atomic mass is 10.0. The van der Waals surface area contributed by atoms with Crippen molar-refractivity contribution in [2.24, 2.45) is 0 Å². The minimum absolute atomic E-state index is 0.218. The topological polar surface area (TPSA) is 56.2 Å². The standard InChI is InChI=1S/C15H14F3N3O2/c16-15(17,18)13-5-7-21(20-13)9-14(22)19-11-6-8-23-12-4-2-1-3-10(11)12/h1-5,7,11H,6,8-9H2,(H,19,22)/t11-/m1/s1. The van der Waals surface area contributed by atoms with Gasteiger partial charge in [-0.2, -0.15) is 18.3 Å². The third-order valence-corrected chi connectivity index (χ3v) is 3.53. The Kier molecular flexibility index (Phi) is 3.97. The molecule has 1 aliphatic heterocycles. The van der Waals surface area contributed by atoms with Crippen LogP contribution >= 0.6 is 0 Å². The zero-order valence-electron chi connectivity index (χ0n) is 12.0. The van der Waals surface area contributed by atoms with Crippen LogP contribution in [0, 0.1) is 0 Å². The molecule has 1 aromatic heterocycles. The fourth-order valence-corrected chi connectivity index (χ4v) is 2.48. The molecule has 8 heteroatoms. The number of carbonyl (C=O) groups excluding carboxylic acids is 1. The van der Waals surface area contributed by atoms with E-state index in [1.165, 1.54) is 0 Å². The fourth-order valence-electron chi connectivity index (χ4n) is 2.48. The number of ether oxygens (including phenoxy) is 1. The van der Waals surface area contributed by atoms with Gasteiger partial charge < -0.3 is 10.1 Å². The number of benzene rings is 1. The lowest BCUT2D eigenvalue weighted by Crippen LogP contribution is -2.34. The molecule has 0 saturated carbocycles. The molecule has 0 radical (unpaired) electrons. The van der Waals surface area contributed by atoms with Crippen molar-refractivity contribution in [2.45, 2.75) is 25.2 Å². The van der Waals surface area contributed by atoms with E-state index in [1.54, 1.807) is 0 Å². The van der Waals surface area contributed by atoms with Gasteiger partial charge in [0.1, 0.15) is 12.3 Å². The van der Waals surface area contributed by atoms with Crippen molar-refractivity contribution in [3.63, 3.8) is 0 Å². The van der Waals surface area contributed by atoms with Crippen LogP contribution in [0.15, 0.2) is 36.5 Å². The SMILES string of the molecule is O=C(Cn1ccc(C(F)(F)F)n1)N[C@@H]1CCOc2ccccc21. The Morgan fingerprint density at radius 3 is 2.87 bits per heavy atom. The molecule has 2 aromatic rings. The molecule has 122 valence electrons. The van der Waals surface area contributed by atoms with Crippen molar-refractivity contribution in [1.82, 2.24) is 15.1 Å². The second-order valence-electron chi connectivity index (χ2n) is 5.19. The summed E-state index contributed by atoms with van der Waals surface area (Å²) in [5.74, 6) is 0.311. The zero-order valence-corrected chi connectivity index (χ0v) is 12.0. The van der Waals surface area contributed by atoms with Crippen LogP contribution in [0.25, 0.3) is 0 Å². The highest BCUT2D eigenvalue weighted by Gasteiger charge is 2.33. The maximum Gasteiger partial charge on any atom is 0.435 e. The first-order chi connectivity index (χ1) is 10.9. The molecule has 1 amide bonds. The number of carbonyl (C=O) groups is 1. The van der Waals surface area contributed by atoms with Crippen molar-refractivity contribution in [2.75, 3.05) is 6.61 Å². The Bertz CT molecular complexity index is 712. The van der Waals surface area contributed by atoms with Gasteiger partial charge in [-0.25, -0.2) is 0 Å². The Morgan fingerprint density at radius 2 is 2.13 bits per heavy atom. The van der Waals surface area contributed by atoms with Gasteiger partial charge in [-0.3, -0.25) is 9.48 Å². The highest BCUT2D eigenvalue weighted by Crippen LogP contribution is 2.31. The minimum atomic E-state index is -4.51. The Morgan fingerprint density at radius 1 is 1.35 bits per heavy atom. The fraction of sp³-hybridized carbons (Fsp3) is 0.333. The molecule has 2 heterocycles. The Hall–Kier alpha value is -2.51. The van der Waals surface area contributed by atoms with Crippen LogP contribution < -0.4 is 10.1 Å². The van der Waals surface area contributed by atoms with Crippen LogP contribution in [-0.2, 0) is 17.5 Å². The van der Waals surface area contributed by atoms with Gasteiger partial charge in [0.2, 0.25) is 5.91 Å². The summed E-state index contributed by atoms with van der Waals surface area (Å²) < 4.78 is 43.9. The monoisotopic (exact) mass is 325 g/mol. The van der Waals surface area contributed by atoms with Crippen molar-refractivity contribution in [1.29, 1.82) is 0 Å². The minimum Gasteiger partial charge on any atom is -0.493 e. The van der Waals surface area contributed by atoms with Crippen molar-refractivity contribution >= 4 is 5.91 Å². The summed E-state index contributed by atoms with van der Waals surface area (Å²) >= 11 is 0. The van der Waals surface area contributed by atoms with Crippen molar-refractivity contribution in [3.8, 4) is 5.75 Å². The van der Waals surface area contributed by atoms with Gasteiger partial charge in [0.25, 0.3) is 0 Å². The molecule has 0 fully saturated rings. The molecular formula is C15H14F3N3O2. The number of halogens is 3. The van der Waals surface area contributed by atoms with E-state index in [4.69, 9.17) is 4.74 Å². The number of fused-ring (bicyclic) bond motifs is 1. The summed E-state index contributed by atoms with van der Waals surface area (Å²) in [5.41, 5.74) is -0.148. The summed E-state index contributed by atoms with van der Waals surface area (Å²) in [5, 5.41) is 6.18. The quantitative estimate of drug-likeness (QED) is 0.943. The lowest BCUT2D eigenvalue weighted by Gasteiger charge is -2.26. The Labute approximate surface area is 130 Å². The average molecular weight is 325 g/mol. The number of nitrogens with one attached hydrogen (secondary N) is 1. The summed E-state index contributed by atoms with van der Waals surface area (Å²) in [7, 11) is 0. The van der Waals surface area contributed by atoms with Crippen molar-refractivity contribution in [3.05, 3.63) is 47.8 Å². The van der Waals surface area contributed by atoms with E-state index in [2.05, 4.69) is 10.4 Å². The average Bonchev–Trinajstić information content (AvgIpc) is 2.96. The maximum absolute atomic E-state index is 12.5. The van der Waals surface area contributed by atoms with E-state index in [0.29, 0.717) is 18.8 Å². The molecular weight excluding hydrogens is 311 g/mol. The molecule has 0 saturated heterocycles. The van der Waals surface area contributed by atoms with E-state index < -0.39 is 17.8 Å². The highest BCUT2D eigenvalue weighted by atomic mass is 19.4. The van der Waals surface area contributed by atoms with Gasteiger partial charge in [-0.15, -0.1) is 0 Å². The summed E-state index contributed by atoms with van der Waals surface area (Å²) in [4.78, 5) is 12.1. The molecule has 0 spiro atoms. The van der Waals surface area contributed by atoms with Crippen molar-refractivity contribution < 1.29 is 22.7 Å². The number of rotatable bonds is 3. The molecule has 1 aromatic carbocycles. The molecule has 0 unspecified atom stereocenters. The van der Waals surface area contributed by atoms with Crippen LogP contribution in [0.3, 0.4) is 0 Å². The molecule has 1 N–H and O–H groups in total. The van der Waals surface area contributed by atoms with Gasteiger partial charge in [0.05, 0.1) is 12.6 Å². The number of para-hydroxylation sites is 1. The molecule has 1 aliphatic rings. The first-order valence-electron chi connectivity index (χ1n) is 7.05. The first kappa shape index (κ1) is 15.4. The number of hydrogen-bond donors (Lipinski definition) is 1. The smallest absolute Gasteiger partial charge is 0.435 e. The third-order valence-electron chi connectivity index (χ3n) is 3.53. The largest absolute Gasteiger partial charge is 0.493 e. The third kappa shape index (κ3) is 3.46. The number of hydrogen-bond acceptors (Lipinski definition) is 3. The van der Waals surface area contributed by atoms with Crippen LogP contribution in [0.4, 0.5) is 13.2 Å². The Balaban J connectivity index is 1.65. The van der Waals surface area contributed by atoms with Gasteiger partial charge in [-0.05, 0) is 12.1 Å². The molecule has 3 rings (SSSR count). The number of nitrogens with zero attached hydrogens (tertiary/aromatic N) is 2. The van der Waals surface area contributed by atoms with Crippen LogP contribution in [0.2, 0.25) is 0 Å². The summed E-state index contributed by atoms with van der Waals surface area (Å²) in [6.07, 6.45) is -2.77. The van der Waals surface area contributed by atoms with Gasteiger partial charge in [0, 0.05) is 18.2 Å². The predicted octanol–water partition coefficient (Wildman–Crippen LogP) is 2.54. The second kappa shape index (κ2) is 5.94. The number of aromatic nitrogens is 2. The van der Waals surface area contributed by atoms with Crippen LogP contribution in [-0.4, -0.2) is 22.3 Å².